The van der Waals surface area contributed by atoms with Crippen molar-refractivity contribution in [1.82, 2.24) is 9.80 Å². The van der Waals surface area contributed by atoms with E-state index in [0.717, 1.165) is 38.4 Å². The van der Waals surface area contributed by atoms with Crippen LogP contribution >= 0.6 is 34.5 Å². The molecule has 0 unspecified atom stereocenters. The first-order valence-electron chi connectivity index (χ1n) is 9.39. The van der Waals surface area contributed by atoms with Crippen LogP contribution in [0.3, 0.4) is 0 Å². The molecular weight excluding hydrogens is 385 g/mol. The van der Waals surface area contributed by atoms with Gasteiger partial charge in [-0.3, -0.25) is 9.80 Å². The van der Waals surface area contributed by atoms with Crippen LogP contribution in [0.5, 0.6) is 0 Å². The van der Waals surface area contributed by atoms with Crippen LogP contribution in [-0.2, 0) is 13.0 Å². The summed E-state index contributed by atoms with van der Waals surface area (Å²) in [6, 6.07) is 8.20. The summed E-state index contributed by atoms with van der Waals surface area (Å²) in [5, 5.41) is 3.56. The number of nitrogens with zero attached hydrogens (tertiary/aromatic N) is 3. The Labute approximate surface area is 170 Å². The number of rotatable bonds is 5. The molecule has 3 nitrogen and oxygen atoms in total. The fraction of sp³-hybridized carbons (Fsp3) is 0.500. The van der Waals surface area contributed by atoms with Crippen LogP contribution in [0.15, 0.2) is 29.6 Å². The third-order valence-electron chi connectivity index (χ3n) is 5.48. The van der Waals surface area contributed by atoms with Crippen molar-refractivity contribution in [2.24, 2.45) is 0 Å². The Kier molecular flexibility index (Phi) is 6.07. The molecule has 0 N–H and O–H groups in total. The van der Waals surface area contributed by atoms with Gasteiger partial charge in [-0.25, -0.2) is 0 Å². The molecule has 4 rings (SSSR count). The number of anilines is 1. The van der Waals surface area contributed by atoms with Crippen LogP contribution in [-0.4, -0.2) is 55.6 Å². The van der Waals surface area contributed by atoms with E-state index in [1.54, 1.807) is 10.4 Å². The van der Waals surface area contributed by atoms with Gasteiger partial charge in [-0.2, -0.15) is 0 Å². The second-order valence-electron chi connectivity index (χ2n) is 7.15. The maximum absolute atomic E-state index is 6.37. The van der Waals surface area contributed by atoms with E-state index in [-0.39, 0.29) is 0 Å². The molecule has 0 atom stereocenters. The van der Waals surface area contributed by atoms with Gasteiger partial charge in [0, 0.05) is 44.1 Å². The smallest absolute Gasteiger partial charge is 0.0825 e. The van der Waals surface area contributed by atoms with Gasteiger partial charge in [-0.15, -0.1) is 11.3 Å². The minimum Gasteiger partial charge on any atom is -0.368 e. The van der Waals surface area contributed by atoms with Crippen LogP contribution < -0.4 is 4.90 Å². The van der Waals surface area contributed by atoms with Crippen molar-refractivity contribution in [3.63, 3.8) is 0 Å². The molecular formula is C20H25Cl2N3S. The van der Waals surface area contributed by atoms with Crippen molar-refractivity contribution in [2.75, 3.05) is 50.7 Å². The lowest BCUT2D eigenvalue weighted by Crippen LogP contribution is -2.47. The summed E-state index contributed by atoms with van der Waals surface area (Å²) in [5.41, 5.74) is 2.62. The third-order valence-corrected chi connectivity index (χ3v) is 7.31. The maximum Gasteiger partial charge on any atom is 0.0825 e. The Bertz CT molecular complexity index is 740. The maximum atomic E-state index is 6.37. The first-order valence-corrected chi connectivity index (χ1v) is 11.0. The summed E-state index contributed by atoms with van der Waals surface area (Å²) < 4.78 is 0. The topological polar surface area (TPSA) is 9.72 Å². The van der Waals surface area contributed by atoms with E-state index in [4.69, 9.17) is 23.2 Å². The summed E-state index contributed by atoms with van der Waals surface area (Å²) in [6.45, 7) is 8.97. The van der Waals surface area contributed by atoms with Gasteiger partial charge in [-0.05, 0) is 55.1 Å². The minimum atomic E-state index is 0.641. The average molecular weight is 410 g/mol. The molecule has 3 heterocycles. The summed E-state index contributed by atoms with van der Waals surface area (Å²) in [7, 11) is 0. The highest BCUT2D eigenvalue weighted by Crippen LogP contribution is 2.32. The van der Waals surface area contributed by atoms with Gasteiger partial charge < -0.3 is 4.90 Å². The van der Waals surface area contributed by atoms with Crippen LogP contribution in [0.4, 0.5) is 5.69 Å². The monoisotopic (exact) mass is 409 g/mol. The Hall–Kier alpha value is -0.780. The summed E-state index contributed by atoms with van der Waals surface area (Å²) in [5.74, 6) is 0. The molecule has 0 aliphatic carbocycles. The largest absolute Gasteiger partial charge is 0.368 e. The molecule has 2 aliphatic heterocycles. The molecule has 1 aromatic heterocycles. The van der Waals surface area contributed by atoms with Gasteiger partial charge in [0.1, 0.15) is 0 Å². The lowest BCUT2D eigenvalue weighted by molar-refractivity contribution is 0.211. The number of benzene rings is 1. The van der Waals surface area contributed by atoms with Gasteiger partial charge in [-0.1, -0.05) is 29.3 Å². The molecule has 26 heavy (non-hydrogen) atoms. The predicted molar refractivity (Wildman–Crippen MR) is 113 cm³/mol. The van der Waals surface area contributed by atoms with Gasteiger partial charge in [0.15, 0.2) is 0 Å². The summed E-state index contributed by atoms with van der Waals surface area (Å²) in [4.78, 5) is 9.14. The van der Waals surface area contributed by atoms with E-state index in [9.17, 15) is 0 Å². The number of halogens is 2. The molecule has 0 radical (unpaired) electrons. The van der Waals surface area contributed by atoms with Crippen LogP contribution in [0.25, 0.3) is 0 Å². The molecule has 1 saturated heterocycles. The summed E-state index contributed by atoms with van der Waals surface area (Å²) >= 11 is 14.4. The highest BCUT2D eigenvalue weighted by molar-refractivity contribution is 7.10. The number of fused-ring (bicyclic) bond motifs is 1. The van der Waals surface area contributed by atoms with Crippen LogP contribution in [0, 0.1) is 0 Å². The van der Waals surface area contributed by atoms with Gasteiger partial charge in [0.05, 0.1) is 15.7 Å². The lowest BCUT2D eigenvalue weighted by Gasteiger charge is -2.37. The minimum absolute atomic E-state index is 0.641. The number of hydrogen-bond acceptors (Lipinski definition) is 4. The first kappa shape index (κ1) is 18.6. The zero-order valence-corrected chi connectivity index (χ0v) is 17.3. The van der Waals surface area contributed by atoms with Crippen molar-refractivity contribution >= 4 is 40.2 Å². The van der Waals surface area contributed by atoms with Crippen molar-refractivity contribution in [3.8, 4) is 0 Å². The van der Waals surface area contributed by atoms with Crippen LogP contribution in [0.1, 0.15) is 16.9 Å². The molecule has 1 fully saturated rings. The molecule has 0 amide bonds. The fourth-order valence-electron chi connectivity index (χ4n) is 3.96. The molecule has 2 aromatic rings. The predicted octanol–water partition coefficient (Wildman–Crippen LogP) is 4.63. The SMILES string of the molecule is Clc1cccc(N2CCN(CCCN3CCc4sccc4C3)CC2)c1Cl. The molecule has 1 aromatic carbocycles. The van der Waals surface area contributed by atoms with Gasteiger partial charge in [0.2, 0.25) is 0 Å². The van der Waals surface area contributed by atoms with E-state index < -0.39 is 0 Å². The Morgan fingerprint density at radius 1 is 0.923 bits per heavy atom. The normalized spacial score (nSPS) is 18.9. The lowest BCUT2D eigenvalue weighted by atomic mass is 10.1. The number of piperazine rings is 1. The standard InChI is InChI=1S/C20H25Cl2N3S/c21-17-3-1-4-18(20(17)22)25-12-10-23(11-13-25)7-2-8-24-9-5-19-16(15-24)6-14-26-19/h1,3-4,6,14H,2,5,7-13,15H2. The van der Waals surface area contributed by atoms with E-state index in [2.05, 4.69) is 32.2 Å². The molecule has 2 aliphatic rings. The molecule has 0 saturated carbocycles. The van der Waals surface area contributed by atoms with E-state index in [0.29, 0.717) is 10.0 Å². The molecule has 6 heteroatoms. The fourth-order valence-corrected chi connectivity index (χ4v) is 5.27. The third kappa shape index (κ3) is 4.20. The van der Waals surface area contributed by atoms with Crippen LogP contribution in [0.2, 0.25) is 10.0 Å². The Balaban J connectivity index is 1.20. The number of thiophene rings is 1. The van der Waals surface area contributed by atoms with E-state index >= 15 is 0 Å². The average Bonchev–Trinajstić information content (AvgIpc) is 3.13. The highest BCUT2D eigenvalue weighted by atomic mass is 35.5. The molecule has 0 bridgehead atoms. The zero-order valence-electron chi connectivity index (χ0n) is 15.0. The van der Waals surface area contributed by atoms with Gasteiger partial charge >= 0.3 is 0 Å². The number of hydrogen-bond donors (Lipinski definition) is 0. The highest BCUT2D eigenvalue weighted by Gasteiger charge is 2.20. The zero-order chi connectivity index (χ0) is 17.9. The van der Waals surface area contributed by atoms with E-state index in [1.165, 1.54) is 32.5 Å². The van der Waals surface area contributed by atoms with Crippen molar-refractivity contribution in [1.29, 1.82) is 0 Å². The Morgan fingerprint density at radius 3 is 2.58 bits per heavy atom. The Morgan fingerprint density at radius 2 is 1.73 bits per heavy atom. The van der Waals surface area contributed by atoms with Crippen molar-refractivity contribution in [3.05, 3.63) is 50.1 Å². The van der Waals surface area contributed by atoms with E-state index in [1.807, 2.05) is 23.5 Å². The first-order chi connectivity index (χ1) is 12.7. The molecule has 0 spiro atoms. The van der Waals surface area contributed by atoms with Crippen molar-refractivity contribution in [2.45, 2.75) is 19.4 Å². The summed E-state index contributed by atoms with van der Waals surface area (Å²) in [6.07, 6.45) is 2.48. The second-order valence-corrected chi connectivity index (χ2v) is 8.94. The van der Waals surface area contributed by atoms with Crippen molar-refractivity contribution < 1.29 is 0 Å². The molecule has 140 valence electrons. The second kappa shape index (κ2) is 8.49. The quantitative estimate of drug-likeness (QED) is 0.712. The van der Waals surface area contributed by atoms with Gasteiger partial charge in [0.25, 0.3) is 0 Å².